The van der Waals surface area contributed by atoms with E-state index < -0.39 is 0 Å². The van der Waals surface area contributed by atoms with Gasteiger partial charge in [0.15, 0.2) is 0 Å². The molecule has 0 fully saturated rings. The maximum Gasteiger partial charge on any atom is 0.0531 e. The summed E-state index contributed by atoms with van der Waals surface area (Å²) in [6.07, 6.45) is 15.0. The van der Waals surface area contributed by atoms with E-state index in [1.165, 1.54) is 78.3 Å². The summed E-state index contributed by atoms with van der Waals surface area (Å²) in [6.45, 7) is 11.9. The molecule has 0 aliphatic heterocycles. The van der Waals surface area contributed by atoms with Crippen molar-refractivity contribution in [2.24, 2.45) is 0 Å². The number of rotatable bonds is 6. The highest BCUT2D eigenvalue weighted by molar-refractivity contribution is 5.85. The third-order valence-corrected chi connectivity index (χ3v) is 11.3. The van der Waals surface area contributed by atoms with Gasteiger partial charge in [0.2, 0.25) is 0 Å². The molecule has 1 heteroatoms. The highest BCUT2D eigenvalue weighted by Crippen LogP contribution is 2.50. The molecule has 5 aromatic carbocycles. The van der Waals surface area contributed by atoms with Crippen molar-refractivity contribution in [2.45, 2.75) is 64.7 Å². The molecule has 0 unspecified atom stereocenters. The van der Waals surface area contributed by atoms with Crippen LogP contribution in [0, 0.1) is 6.92 Å². The molecule has 1 nitrogen and oxygen atoms in total. The molecular weight excluding hydrogens is 591 g/mol. The highest BCUT2D eigenvalue weighted by atomic mass is 15.2. The SMILES string of the molecule is Cc1c(C(C)(C)c2ccccc2)cc2c(c1N(C1=CC=C3CC(=C1)C(C)(C)c1ccccc13)c1ccc(-c3ccccc3)cc1)CCC=C2. The first kappa shape index (κ1) is 31.1. The lowest BCUT2D eigenvalue weighted by Crippen LogP contribution is -2.27. The first-order valence-electron chi connectivity index (χ1n) is 17.8. The average molecular weight is 636 g/mol. The molecule has 8 rings (SSSR count). The summed E-state index contributed by atoms with van der Waals surface area (Å²) in [5, 5.41) is 0. The Kier molecular flexibility index (Phi) is 7.68. The summed E-state index contributed by atoms with van der Waals surface area (Å²) in [4.78, 5) is 2.58. The van der Waals surface area contributed by atoms with E-state index in [1.54, 1.807) is 0 Å². The van der Waals surface area contributed by atoms with Gasteiger partial charge in [0.05, 0.1) is 5.69 Å². The van der Waals surface area contributed by atoms with Crippen LogP contribution in [0.5, 0.6) is 0 Å². The summed E-state index contributed by atoms with van der Waals surface area (Å²) in [5.74, 6) is 0. The predicted molar refractivity (Wildman–Crippen MR) is 209 cm³/mol. The summed E-state index contributed by atoms with van der Waals surface area (Å²) in [6, 6.07) is 42.4. The zero-order valence-corrected chi connectivity index (χ0v) is 29.4. The molecule has 3 aliphatic carbocycles. The molecule has 0 aromatic heterocycles. The van der Waals surface area contributed by atoms with Crippen LogP contribution < -0.4 is 4.90 Å². The van der Waals surface area contributed by atoms with Gasteiger partial charge in [-0.3, -0.25) is 0 Å². The summed E-state index contributed by atoms with van der Waals surface area (Å²) >= 11 is 0. The van der Waals surface area contributed by atoms with Crippen LogP contribution in [0.3, 0.4) is 0 Å². The molecule has 2 bridgehead atoms. The van der Waals surface area contributed by atoms with Crippen molar-refractivity contribution in [3.05, 3.63) is 190 Å². The summed E-state index contributed by atoms with van der Waals surface area (Å²) < 4.78 is 0. The average Bonchev–Trinajstić information content (AvgIpc) is 3.35. The lowest BCUT2D eigenvalue weighted by atomic mass is 9.67. The Hall–Kier alpha value is -5.14. The Morgan fingerprint density at radius 1 is 0.735 bits per heavy atom. The van der Waals surface area contributed by atoms with Gasteiger partial charge < -0.3 is 4.90 Å². The molecule has 0 saturated carbocycles. The predicted octanol–water partition coefficient (Wildman–Crippen LogP) is 12.7. The lowest BCUT2D eigenvalue weighted by molar-refractivity contribution is 0.597. The minimum Gasteiger partial charge on any atom is -0.310 e. The molecule has 0 amide bonds. The zero-order chi connectivity index (χ0) is 33.8. The second kappa shape index (κ2) is 12.1. The number of fused-ring (bicyclic) bond motifs is 5. The Morgan fingerprint density at radius 3 is 2.16 bits per heavy atom. The quantitative estimate of drug-likeness (QED) is 0.179. The first-order valence-corrected chi connectivity index (χ1v) is 17.8. The van der Waals surface area contributed by atoms with E-state index >= 15 is 0 Å². The first-order chi connectivity index (χ1) is 23.7. The second-order valence-electron chi connectivity index (χ2n) is 14.9. The van der Waals surface area contributed by atoms with E-state index in [0.717, 1.165) is 19.3 Å². The normalized spacial score (nSPS) is 16.1. The van der Waals surface area contributed by atoms with Crippen LogP contribution in [0.15, 0.2) is 151 Å². The molecular formula is C48H45N. The zero-order valence-electron chi connectivity index (χ0n) is 29.4. The molecule has 0 heterocycles. The molecule has 0 atom stereocenters. The molecule has 0 N–H and O–H groups in total. The fourth-order valence-electron chi connectivity index (χ4n) is 8.43. The number of anilines is 2. The molecule has 49 heavy (non-hydrogen) atoms. The van der Waals surface area contributed by atoms with Gasteiger partial charge >= 0.3 is 0 Å². The Bertz CT molecular complexity index is 2170. The maximum absolute atomic E-state index is 2.58. The highest BCUT2D eigenvalue weighted by Gasteiger charge is 2.36. The molecule has 0 radical (unpaired) electrons. The van der Waals surface area contributed by atoms with Gasteiger partial charge in [0.1, 0.15) is 0 Å². The van der Waals surface area contributed by atoms with Crippen molar-refractivity contribution in [2.75, 3.05) is 4.90 Å². The number of benzene rings is 5. The summed E-state index contributed by atoms with van der Waals surface area (Å²) in [5.41, 5.74) is 18.4. The van der Waals surface area contributed by atoms with Gasteiger partial charge in [-0.05, 0) is 106 Å². The number of hydrogen-bond donors (Lipinski definition) is 0. The standard InChI is InChI=1S/C48H45N/c1-33-45(47(2,3)38-19-10-7-11-20-38)31-36-18-12-13-22-43(36)46(33)49(40-27-24-35(25-28-40)34-16-8-6-9-17-34)41-29-26-37-30-39(32-41)48(4,5)44-23-15-14-21-42(37)44/h6-12,14-21,23-29,31-32H,13,22,30H2,1-5H3. The third-order valence-electron chi connectivity index (χ3n) is 11.3. The topological polar surface area (TPSA) is 3.24 Å². The molecule has 0 saturated heterocycles. The molecule has 242 valence electrons. The number of nitrogens with zero attached hydrogens (tertiary/aromatic N) is 1. The Balaban J connectivity index is 1.38. The van der Waals surface area contributed by atoms with Gasteiger partial charge in [0, 0.05) is 22.2 Å². The van der Waals surface area contributed by atoms with E-state index in [9.17, 15) is 0 Å². The fraction of sp³-hybridized carbons (Fsp3) is 0.208. The lowest BCUT2D eigenvalue weighted by Gasteiger charge is -2.38. The van der Waals surface area contributed by atoms with Crippen molar-refractivity contribution in [1.29, 1.82) is 0 Å². The van der Waals surface area contributed by atoms with Crippen LogP contribution in [-0.4, -0.2) is 0 Å². The van der Waals surface area contributed by atoms with Gasteiger partial charge in [-0.1, -0.05) is 155 Å². The second-order valence-corrected chi connectivity index (χ2v) is 14.9. The minimum atomic E-state index is -0.179. The van der Waals surface area contributed by atoms with Crippen LogP contribution in [0.2, 0.25) is 0 Å². The van der Waals surface area contributed by atoms with E-state index in [-0.39, 0.29) is 10.8 Å². The smallest absolute Gasteiger partial charge is 0.0531 e. The van der Waals surface area contributed by atoms with E-state index in [4.69, 9.17) is 0 Å². The maximum atomic E-state index is 2.58. The van der Waals surface area contributed by atoms with Crippen LogP contribution in [0.1, 0.15) is 79.5 Å². The van der Waals surface area contributed by atoms with Gasteiger partial charge in [0.25, 0.3) is 0 Å². The van der Waals surface area contributed by atoms with Crippen LogP contribution >= 0.6 is 0 Å². The molecule has 5 aromatic rings. The largest absolute Gasteiger partial charge is 0.310 e. The van der Waals surface area contributed by atoms with Crippen LogP contribution in [0.4, 0.5) is 11.4 Å². The number of allylic oxidation sites excluding steroid dienone is 6. The van der Waals surface area contributed by atoms with Crippen LogP contribution in [0.25, 0.3) is 22.8 Å². The van der Waals surface area contributed by atoms with E-state index in [1.807, 2.05) is 0 Å². The van der Waals surface area contributed by atoms with E-state index in [0.29, 0.717) is 0 Å². The van der Waals surface area contributed by atoms with Crippen molar-refractivity contribution >= 4 is 23.0 Å². The Labute approximate surface area is 292 Å². The van der Waals surface area contributed by atoms with Gasteiger partial charge in [-0.2, -0.15) is 0 Å². The van der Waals surface area contributed by atoms with Crippen molar-refractivity contribution in [3.8, 4) is 11.1 Å². The van der Waals surface area contributed by atoms with Crippen molar-refractivity contribution < 1.29 is 0 Å². The fourth-order valence-corrected chi connectivity index (χ4v) is 8.43. The molecule has 0 spiro atoms. The summed E-state index contributed by atoms with van der Waals surface area (Å²) in [7, 11) is 0. The van der Waals surface area contributed by atoms with E-state index in [2.05, 4.69) is 185 Å². The van der Waals surface area contributed by atoms with Gasteiger partial charge in [-0.25, -0.2) is 0 Å². The van der Waals surface area contributed by atoms with Crippen molar-refractivity contribution in [3.63, 3.8) is 0 Å². The molecule has 3 aliphatic rings. The van der Waals surface area contributed by atoms with Crippen LogP contribution in [-0.2, 0) is 17.3 Å². The minimum absolute atomic E-state index is 0.0748. The van der Waals surface area contributed by atoms with Crippen molar-refractivity contribution in [1.82, 2.24) is 0 Å². The van der Waals surface area contributed by atoms with Gasteiger partial charge in [-0.15, -0.1) is 0 Å². The Morgan fingerprint density at radius 2 is 1.41 bits per heavy atom. The number of hydrogen-bond acceptors (Lipinski definition) is 1. The third kappa shape index (κ3) is 5.33. The monoisotopic (exact) mass is 635 g/mol.